The second kappa shape index (κ2) is 10.5. The summed E-state index contributed by atoms with van der Waals surface area (Å²) in [5, 5.41) is 0. The van der Waals surface area contributed by atoms with E-state index in [0.29, 0.717) is 12.1 Å². The van der Waals surface area contributed by atoms with Crippen molar-refractivity contribution < 1.29 is 28.6 Å². The quantitative estimate of drug-likeness (QED) is 0.454. The minimum Gasteiger partial charge on any atom is -0.465 e. The predicted octanol–water partition coefficient (Wildman–Crippen LogP) is 4.53. The van der Waals surface area contributed by atoms with Crippen LogP contribution in [0.2, 0.25) is 0 Å². The van der Waals surface area contributed by atoms with Gasteiger partial charge in [-0.15, -0.1) is 0 Å². The molecule has 0 unspecified atom stereocenters. The molecule has 7 nitrogen and oxygen atoms in total. The predicted molar refractivity (Wildman–Crippen MR) is 122 cm³/mol. The highest BCUT2D eigenvalue weighted by molar-refractivity contribution is 6.01. The summed E-state index contributed by atoms with van der Waals surface area (Å²) in [6.45, 7) is -0.0184. The highest BCUT2D eigenvalue weighted by Gasteiger charge is 2.44. The highest BCUT2D eigenvalue weighted by atomic mass is 16.6. The molecular weight excluding hydrogens is 422 g/mol. The number of benzene rings is 2. The maximum absolute atomic E-state index is 13.0. The smallest absolute Gasteiger partial charge is 0.415 e. The van der Waals surface area contributed by atoms with E-state index < -0.39 is 24.2 Å². The monoisotopic (exact) mass is 451 g/mol. The van der Waals surface area contributed by atoms with Crippen LogP contribution in [-0.2, 0) is 25.4 Å². The first-order valence-electron chi connectivity index (χ1n) is 11.5. The van der Waals surface area contributed by atoms with E-state index in [1.165, 1.54) is 12.0 Å². The van der Waals surface area contributed by atoms with Crippen molar-refractivity contribution in [3.8, 4) is 0 Å². The van der Waals surface area contributed by atoms with E-state index in [1.807, 2.05) is 30.3 Å². The molecule has 0 aromatic heterocycles. The Morgan fingerprint density at radius 3 is 2.42 bits per heavy atom. The van der Waals surface area contributed by atoms with Gasteiger partial charge in [-0.05, 0) is 37.0 Å². The zero-order valence-electron chi connectivity index (χ0n) is 18.8. The van der Waals surface area contributed by atoms with E-state index in [9.17, 15) is 14.4 Å². The van der Waals surface area contributed by atoms with Crippen molar-refractivity contribution in [2.24, 2.45) is 5.92 Å². The van der Waals surface area contributed by atoms with Gasteiger partial charge < -0.3 is 14.2 Å². The number of ether oxygens (including phenoxy) is 3. The number of para-hydroxylation sites is 1. The molecule has 174 valence electrons. The van der Waals surface area contributed by atoms with E-state index in [2.05, 4.69) is 0 Å². The maximum Gasteiger partial charge on any atom is 0.415 e. The van der Waals surface area contributed by atoms with Crippen LogP contribution in [0.5, 0.6) is 0 Å². The first-order chi connectivity index (χ1) is 16.1. The van der Waals surface area contributed by atoms with Crippen molar-refractivity contribution in [1.82, 2.24) is 0 Å². The molecule has 2 aliphatic rings. The molecule has 7 heteroatoms. The molecule has 1 aliphatic heterocycles. The van der Waals surface area contributed by atoms with Gasteiger partial charge in [0.25, 0.3) is 0 Å². The third-order valence-corrected chi connectivity index (χ3v) is 6.39. The van der Waals surface area contributed by atoms with Gasteiger partial charge in [0.15, 0.2) is 6.10 Å². The molecule has 1 saturated carbocycles. The van der Waals surface area contributed by atoms with E-state index >= 15 is 0 Å². The number of cyclic esters (lactones) is 1. The van der Waals surface area contributed by atoms with Crippen molar-refractivity contribution in [3.05, 3.63) is 65.7 Å². The number of anilines is 1. The third-order valence-electron chi connectivity index (χ3n) is 6.39. The van der Waals surface area contributed by atoms with Gasteiger partial charge in [-0.1, -0.05) is 61.7 Å². The summed E-state index contributed by atoms with van der Waals surface area (Å²) >= 11 is 0. The number of hydrogen-bond donors (Lipinski definition) is 0. The fourth-order valence-corrected chi connectivity index (χ4v) is 4.65. The number of rotatable bonds is 7. The summed E-state index contributed by atoms with van der Waals surface area (Å²) in [6.07, 6.45) is 4.15. The normalized spacial score (nSPS) is 20.9. The second-order valence-corrected chi connectivity index (χ2v) is 8.52. The molecule has 33 heavy (non-hydrogen) atoms. The minimum absolute atomic E-state index is 0.0184. The minimum atomic E-state index is -0.657. The number of amides is 1. The fourth-order valence-electron chi connectivity index (χ4n) is 4.65. The Morgan fingerprint density at radius 2 is 1.70 bits per heavy atom. The van der Waals surface area contributed by atoms with Crippen molar-refractivity contribution in [2.75, 3.05) is 18.6 Å². The Labute approximate surface area is 193 Å². The standard InChI is InChI=1S/C26H29NO6/c1-31-25(29)20-14-8-9-15-21(20)27-22(16-18-10-4-2-5-11-18)23(33-26(27)30)17-32-24(28)19-12-6-3-7-13-19/h2,4-5,8-11,14-15,19,22-23H,3,6-7,12-13,16-17H2,1H3/t22-,23-/m1/s1. The first kappa shape index (κ1) is 22.8. The van der Waals surface area contributed by atoms with Crippen molar-refractivity contribution in [1.29, 1.82) is 0 Å². The van der Waals surface area contributed by atoms with Gasteiger partial charge in [0.2, 0.25) is 0 Å². The molecule has 0 bridgehead atoms. The van der Waals surface area contributed by atoms with E-state index in [4.69, 9.17) is 14.2 Å². The lowest BCUT2D eigenvalue weighted by atomic mass is 9.89. The highest BCUT2D eigenvalue weighted by Crippen LogP contribution is 2.33. The largest absolute Gasteiger partial charge is 0.465 e. The van der Waals surface area contributed by atoms with E-state index in [0.717, 1.165) is 37.7 Å². The molecule has 0 spiro atoms. The van der Waals surface area contributed by atoms with Crippen LogP contribution in [0.4, 0.5) is 10.5 Å². The average molecular weight is 452 g/mol. The van der Waals surface area contributed by atoms with Crippen molar-refractivity contribution in [2.45, 2.75) is 50.7 Å². The Bertz CT molecular complexity index is 985. The molecule has 2 atom stereocenters. The Balaban J connectivity index is 1.59. The van der Waals surface area contributed by atoms with Gasteiger partial charge in [-0.2, -0.15) is 0 Å². The Kier molecular flexibility index (Phi) is 7.27. The summed E-state index contributed by atoms with van der Waals surface area (Å²) in [5.41, 5.74) is 1.69. The number of methoxy groups -OCH3 is 1. The molecule has 4 rings (SSSR count). The summed E-state index contributed by atoms with van der Waals surface area (Å²) < 4.78 is 16.2. The van der Waals surface area contributed by atoms with Crippen LogP contribution in [0.25, 0.3) is 0 Å². The Morgan fingerprint density at radius 1 is 1.00 bits per heavy atom. The number of carbonyl (C=O) groups is 3. The zero-order valence-corrected chi connectivity index (χ0v) is 18.8. The van der Waals surface area contributed by atoms with Gasteiger partial charge in [-0.3, -0.25) is 9.69 Å². The maximum atomic E-state index is 13.0. The molecule has 2 aromatic rings. The molecule has 0 N–H and O–H groups in total. The van der Waals surface area contributed by atoms with E-state index in [1.54, 1.807) is 24.3 Å². The summed E-state index contributed by atoms with van der Waals surface area (Å²) in [6, 6.07) is 16.1. The fraction of sp³-hybridized carbons (Fsp3) is 0.423. The van der Waals surface area contributed by atoms with Crippen LogP contribution >= 0.6 is 0 Å². The van der Waals surface area contributed by atoms with Gasteiger partial charge in [0, 0.05) is 0 Å². The molecule has 1 saturated heterocycles. The second-order valence-electron chi connectivity index (χ2n) is 8.52. The number of hydrogen-bond acceptors (Lipinski definition) is 6. The van der Waals surface area contributed by atoms with Gasteiger partial charge in [0.05, 0.1) is 30.3 Å². The SMILES string of the molecule is COC(=O)c1ccccc1N1C(=O)O[C@H](COC(=O)C2CCCCC2)[C@H]1Cc1ccccc1. The van der Waals surface area contributed by atoms with Crippen molar-refractivity contribution >= 4 is 23.7 Å². The van der Waals surface area contributed by atoms with Crippen LogP contribution in [0, 0.1) is 5.92 Å². The third kappa shape index (κ3) is 5.18. The lowest BCUT2D eigenvalue weighted by Gasteiger charge is -2.26. The number of nitrogens with zero attached hydrogens (tertiary/aromatic N) is 1. The molecule has 1 amide bonds. The Hall–Kier alpha value is -3.35. The molecular formula is C26H29NO6. The van der Waals surface area contributed by atoms with Crippen molar-refractivity contribution in [3.63, 3.8) is 0 Å². The van der Waals surface area contributed by atoms with Crippen LogP contribution in [-0.4, -0.2) is 43.9 Å². The summed E-state index contributed by atoms with van der Waals surface area (Å²) in [5.74, 6) is -0.846. The number of carbonyl (C=O) groups excluding carboxylic acids is 3. The summed E-state index contributed by atoms with van der Waals surface area (Å²) in [7, 11) is 1.30. The van der Waals surface area contributed by atoms with Gasteiger partial charge >= 0.3 is 18.0 Å². The van der Waals surface area contributed by atoms with Crippen LogP contribution < -0.4 is 4.90 Å². The van der Waals surface area contributed by atoms with Crippen LogP contribution in [0.3, 0.4) is 0 Å². The van der Waals surface area contributed by atoms with Gasteiger partial charge in [0.1, 0.15) is 6.61 Å². The number of esters is 2. The lowest BCUT2D eigenvalue weighted by Crippen LogP contribution is -2.41. The van der Waals surface area contributed by atoms with Crippen LogP contribution in [0.1, 0.15) is 48.0 Å². The molecule has 1 aliphatic carbocycles. The lowest BCUT2D eigenvalue weighted by molar-refractivity contribution is -0.152. The first-order valence-corrected chi connectivity index (χ1v) is 11.5. The van der Waals surface area contributed by atoms with Crippen LogP contribution in [0.15, 0.2) is 54.6 Å². The zero-order chi connectivity index (χ0) is 23.2. The van der Waals surface area contributed by atoms with Gasteiger partial charge in [-0.25, -0.2) is 9.59 Å². The van der Waals surface area contributed by atoms with E-state index in [-0.39, 0.29) is 24.1 Å². The average Bonchev–Trinajstić information content (AvgIpc) is 3.17. The molecule has 0 radical (unpaired) electrons. The molecule has 2 aromatic carbocycles. The topological polar surface area (TPSA) is 82.1 Å². The molecule has 1 heterocycles. The molecule has 2 fully saturated rings. The summed E-state index contributed by atoms with van der Waals surface area (Å²) in [4.78, 5) is 39.5.